The molecule has 2 aliphatic rings. The lowest BCUT2D eigenvalue weighted by molar-refractivity contribution is 0.0953. The molecule has 4 heteroatoms. The molecule has 70 valence electrons. The highest BCUT2D eigenvalue weighted by molar-refractivity contribution is 7.08. The second kappa shape index (κ2) is 3.79. The fourth-order valence-electron chi connectivity index (χ4n) is 0.925. The summed E-state index contributed by atoms with van der Waals surface area (Å²) in [6, 6.07) is 0. The van der Waals surface area contributed by atoms with Crippen molar-refractivity contribution in [1.29, 1.82) is 0 Å². The SMILES string of the molecule is C1CC1.O=C1NCNc2cscc21. The molecule has 0 spiro atoms. The Morgan fingerprint density at radius 2 is 1.92 bits per heavy atom. The van der Waals surface area contributed by atoms with E-state index in [0.29, 0.717) is 6.67 Å². The summed E-state index contributed by atoms with van der Waals surface area (Å²) in [5, 5.41) is 9.52. The second-order valence-corrected chi connectivity index (χ2v) is 3.86. The first-order chi connectivity index (χ1) is 6.38. The van der Waals surface area contributed by atoms with Gasteiger partial charge in [-0.15, -0.1) is 11.3 Å². The van der Waals surface area contributed by atoms with Crippen molar-refractivity contribution in [3.8, 4) is 0 Å². The zero-order valence-electron chi connectivity index (χ0n) is 7.30. The largest absolute Gasteiger partial charge is 0.367 e. The van der Waals surface area contributed by atoms with Gasteiger partial charge in [0.05, 0.1) is 17.9 Å². The molecule has 3 nitrogen and oxygen atoms in total. The van der Waals surface area contributed by atoms with Gasteiger partial charge in [-0.05, 0) is 0 Å². The fraction of sp³-hybridized carbons (Fsp3) is 0.444. The second-order valence-electron chi connectivity index (χ2n) is 3.12. The topological polar surface area (TPSA) is 41.1 Å². The van der Waals surface area contributed by atoms with Gasteiger partial charge in [-0.2, -0.15) is 0 Å². The molecule has 0 saturated heterocycles. The summed E-state index contributed by atoms with van der Waals surface area (Å²) < 4.78 is 0. The highest BCUT2D eigenvalue weighted by atomic mass is 32.1. The molecule has 1 aromatic heterocycles. The molecular formula is C9H12N2OS. The van der Waals surface area contributed by atoms with Gasteiger partial charge in [0.1, 0.15) is 0 Å². The van der Waals surface area contributed by atoms with Crippen molar-refractivity contribution in [3.63, 3.8) is 0 Å². The summed E-state index contributed by atoms with van der Waals surface area (Å²) in [6.45, 7) is 0.544. The van der Waals surface area contributed by atoms with E-state index in [4.69, 9.17) is 0 Å². The number of carbonyl (C=O) groups is 1. The van der Waals surface area contributed by atoms with Crippen LogP contribution in [0.4, 0.5) is 5.69 Å². The van der Waals surface area contributed by atoms with E-state index in [1.54, 1.807) is 0 Å². The average Bonchev–Trinajstić information content (AvgIpc) is 2.93. The lowest BCUT2D eigenvalue weighted by Crippen LogP contribution is -2.33. The summed E-state index contributed by atoms with van der Waals surface area (Å²) in [5.41, 5.74) is 1.71. The van der Waals surface area contributed by atoms with Crippen LogP contribution < -0.4 is 10.6 Å². The monoisotopic (exact) mass is 196 g/mol. The minimum atomic E-state index is 0.0231. The molecule has 1 amide bonds. The molecular weight excluding hydrogens is 184 g/mol. The smallest absolute Gasteiger partial charge is 0.255 e. The van der Waals surface area contributed by atoms with E-state index in [-0.39, 0.29) is 5.91 Å². The van der Waals surface area contributed by atoms with E-state index in [2.05, 4.69) is 10.6 Å². The lowest BCUT2D eigenvalue weighted by Gasteiger charge is -2.13. The van der Waals surface area contributed by atoms with Gasteiger partial charge in [-0.25, -0.2) is 0 Å². The molecule has 1 aliphatic heterocycles. The number of carbonyl (C=O) groups excluding carboxylic acids is 1. The number of rotatable bonds is 0. The van der Waals surface area contributed by atoms with Crippen LogP contribution in [-0.4, -0.2) is 12.6 Å². The highest BCUT2D eigenvalue weighted by Crippen LogP contribution is 2.21. The summed E-state index contributed by atoms with van der Waals surface area (Å²) in [5.74, 6) is 0.0231. The summed E-state index contributed by atoms with van der Waals surface area (Å²) in [6.07, 6.45) is 4.50. The van der Waals surface area contributed by atoms with Crippen molar-refractivity contribution in [2.24, 2.45) is 0 Å². The third-order valence-corrected chi connectivity index (χ3v) is 2.53. The third-order valence-electron chi connectivity index (χ3n) is 1.79. The molecule has 2 heterocycles. The van der Waals surface area contributed by atoms with Crippen LogP contribution in [-0.2, 0) is 0 Å². The van der Waals surface area contributed by atoms with Crippen molar-refractivity contribution < 1.29 is 4.79 Å². The zero-order valence-corrected chi connectivity index (χ0v) is 8.12. The van der Waals surface area contributed by atoms with Crippen LogP contribution in [0.5, 0.6) is 0 Å². The van der Waals surface area contributed by atoms with Gasteiger partial charge in [0.2, 0.25) is 0 Å². The number of fused-ring (bicyclic) bond motifs is 1. The maximum Gasteiger partial charge on any atom is 0.255 e. The Morgan fingerprint density at radius 1 is 1.15 bits per heavy atom. The highest BCUT2D eigenvalue weighted by Gasteiger charge is 2.15. The Labute approximate surface area is 81.2 Å². The Hall–Kier alpha value is -1.03. The Balaban J connectivity index is 0.000000185. The number of amides is 1. The van der Waals surface area contributed by atoms with Crippen LogP contribution in [0.3, 0.4) is 0 Å². The first-order valence-corrected chi connectivity index (χ1v) is 5.40. The summed E-state index contributed by atoms with van der Waals surface area (Å²) >= 11 is 1.54. The maximum atomic E-state index is 11.0. The number of hydrogen-bond donors (Lipinski definition) is 2. The molecule has 0 aromatic carbocycles. The molecule has 1 aliphatic carbocycles. The van der Waals surface area contributed by atoms with Gasteiger partial charge in [-0.1, -0.05) is 19.3 Å². The molecule has 3 rings (SSSR count). The van der Waals surface area contributed by atoms with Crippen molar-refractivity contribution >= 4 is 22.9 Å². The quantitative estimate of drug-likeness (QED) is 0.666. The minimum Gasteiger partial charge on any atom is -0.367 e. The van der Waals surface area contributed by atoms with Gasteiger partial charge >= 0.3 is 0 Å². The Morgan fingerprint density at radius 3 is 2.54 bits per heavy atom. The normalized spacial score (nSPS) is 17.4. The number of anilines is 1. The van der Waals surface area contributed by atoms with E-state index in [1.807, 2.05) is 10.8 Å². The third kappa shape index (κ3) is 2.21. The average molecular weight is 196 g/mol. The van der Waals surface area contributed by atoms with Gasteiger partial charge in [-0.3, -0.25) is 4.79 Å². The van der Waals surface area contributed by atoms with Crippen molar-refractivity contribution in [2.45, 2.75) is 19.3 Å². The Bertz CT molecular complexity index is 304. The number of nitrogens with one attached hydrogen (secondary N) is 2. The van der Waals surface area contributed by atoms with E-state index >= 15 is 0 Å². The summed E-state index contributed by atoms with van der Waals surface area (Å²) in [7, 11) is 0. The van der Waals surface area contributed by atoms with Crippen molar-refractivity contribution in [2.75, 3.05) is 12.0 Å². The standard InChI is InChI=1S/C6H6N2OS.C3H6/c9-6-4-1-10-2-5(4)7-3-8-6;1-2-3-1/h1-2,7H,3H2,(H,8,9);1-3H2. The fourth-order valence-corrected chi connectivity index (χ4v) is 1.71. The van der Waals surface area contributed by atoms with Gasteiger partial charge in [0, 0.05) is 10.8 Å². The first-order valence-electron chi connectivity index (χ1n) is 4.46. The van der Waals surface area contributed by atoms with Gasteiger partial charge in [0.25, 0.3) is 5.91 Å². The predicted molar refractivity (Wildman–Crippen MR) is 54.1 cm³/mol. The van der Waals surface area contributed by atoms with Crippen LogP contribution in [0.1, 0.15) is 29.6 Å². The number of hydrogen-bond acceptors (Lipinski definition) is 3. The van der Waals surface area contributed by atoms with Crippen LogP contribution in [0, 0.1) is 0 Å². The minimum absolute atomic E-state index is 0.0231. The van der Waals surface area contributed by atoms with Gasteiger partial charge in [0.15, 0.2) is 0 Å². The molecule has 1 saturated carbocycles. The van der Waals surface area contributed by atoms with E-state index in [9.17, 15) is 4.79 Å². The molecule has 13 heavy (non-hydrogen) atoms. The first kappa shape index (κ1) is 8.56. The van der Waals surface area contributed by atoms with Gasteiger partial charge < -0.3 is 10.6 Å². The summed E-state index contributed by atoms with van der Waals surface area (Å²) in [4.78, 5) is 11.0. The molecule has 2 N–H and O–H groups in total. The van der Waals surface area contributed by atoms with E-state index < -0.39 is 0 Å². The molecule has 0 unspecified atom stereocenters. The van der Waals surface area contributed by atoms with Crippen LogP contribution in [0.15, 0.2) is 10.8 Å². The molecule has 0 radical (unpaired) electrons. The van der Waals surface area contributed by atoms with Crippen LogP contribution in [0.2, 0.25) is 0 Å². The van der Waals surface area contributed by atoms with Crippen molar-refractivity contribution in [1.82, 2.24) is 5.32 Å². The molecule has 0 bridgehead atoms. The molecule has 1 aromatic rings. The van der Waals surface area contributed by atoms with E-state index in [0.717, 1.165) is 11.3 Å². The molecule has 1 fully saturated rings. The maximum absolute atomic E-state index is 11.0. The van der Waals surface area contributed by atoms with Crippen LogP contribution in [0.25, 0.3) is 0 Å². The molecule has 0 atom stereocenters. The Kier molecular flexibility index (Phi) is 2.49. The predicted octanol–water partition coefficient (Wildman–Crippen LogP) is 2.03. The lowest BCUT2D eigenvalue weighted by atomic mass is 10.2. The number of thiophene rings is 1. The zero-order chi connectivity index (χ0) is 9.10. The van der Waals surface area contributed by atoms with Crippen molar-refractivity contribution in [3.05, 3.63) is 16.3 Å². The van der Waals surface area contributed by atoms with Crippen LogP contribution >= 0.6 is 11.3 Å². The van der Waals surface area contributed by atoms with E-state index in [1.165, 1.54) is 30.6 Å².